The highest BCUT2D eigenvalue weighted by molar-refractivity contribution is 5.91. The predicted octanol–water partition coefficient (Wildman–Crippen LogP) is 3.89. The first-order valence-electron chi connectivity index (χ1n) is 10.3. The van der Waals surface area contributed by atoms with Crippen LogP contribution >= 0.6 is 0 Å². The van der Waals surface area contributed by atoms with Crippen LogP contribution < -0.4 is 15.4 Å². The van der Waals surface area contributed by atoms with Crippen LogP contribution in [0.3, 0.4) is 0 Å². The van der Waals surface area contributed by atoms with E-state index >= 15 is 0 Å². The zero-order valence-corrected chi connectivity index (χ0v) is 16.8. The number of carbonyl (C=O) groups is 2. The van der Waals surface area contributed by atoms with Gasteiger partial charge in [0.15, 0.2) is 0 Å². The van der Waals surface area contributed by atoms with Gasteiger partial charge in [0, 0.05) is 13.0 Å². The summed E-state index contributed by atoms with van der Waals surface area (Å²) in [6.07, 6.45) is 7.57. The van der Waals surface area contributed by atoms with Crippen LogP contribution in [0.1, 0.15) is 70.3 Å². The average Bonchev–Trinajstić information content (AvgIpc) is 2.66. The van der Waals surface area contributed by atoms with Gasteiger partial charge in [-0.3, -0.25) is 9.59 Å². The first-order chi connectivity index (χ1) is 13.1. The van der Waals surface area contributed by atoms with Crippen LogP contribution in [-0.4, -0.2) is 30.5 Å². The van der Waals surface area contributed by atoms with Crippen molar-refractivity contribution in [3.05, 3.63) is 29.8 Å². The highest BCUT2D eigenvalue weighted by atomic mass is 16.5. The van der Waals surface area contributed by atoms with Gasteiger partial charge in [0.05, 0.1) is 6.61 Å². The number of benzene rings is 1. The van der Waals surface area contributed by atoms with E-state index in [1.807, 2.05) is 31.2 Å². The first-order valence-corrected chi connectivity index (χ1v) is 10.3. The van der Waals surface area contributed by atoms with E-state index in [2.05, 4.69) is 17.6 Å². The normalized spacial score (nSPS) is 15.8. The molecule has 1 aliphatic rings. The minimum Gasteiger partial charge on any atom is -0.494 e. The van der Waals surface area contributed by atoms with Gasteiger partial charge in [-0.1, -0.05) is 44.7 Å². The van der Waals surface area contributed by atoms with Gasteiger partial charge in [0.2, 0.25) is 11.8 Å². The lowest BCUT2D eigenvalue weighted by Gasteiger charge is -2.36. The number of rotatable bonds is 10. The lowest BCUT2D eigenvalue weighted by molar-refractivity contribution is -0.135. The van der Waals surface area contributed by atoms with Crippen molar-refractivity contribution < 1.29 is 14.3 Å². The molecule has 2 amide bonds. The lowest BCUT2D eigenvalue weighted by Crippen LogP contribution is -2.59. The number of unbranched alkanes of at least 4 members (excludes halogenated alkanes) is 1. The number of hydrogen-bond acceptors (Lipinski definition) is 3. The Morgan fingerprint density at radius 1 is 1.15 bits per heavy atom. The molecule has 1 aromatic rings. The van der Waals surface area contributed by atoms with Crippen molar-refractivity contribution in [1.82, 2.24) is 10.6 Å². The van der Waals surface area contributed by atoms with Gasteiger partial charge < -0.3 is 15.4 Å². The van der Waals surface area contributed by atoms with Gasteiger partial charge in [-0.05, 0) is 50.3 Å². The van der Waals surface area contributed by atoms with E-state index in [0.29, 0.717) is 26.0 Å². The number of amides is 2. The van der Waals surface area contributed by atoms with Crippen LogP contribution in [0, 0.1) is 6.92 Å². The summed E-state index contributed by atoms with van der Waals surface area (Å²) in [6, 6.07) is 7.89. The number of carbonyl (C=O) groups excluding carboxylic acids is 2. The van der Waals surface area contributed by atoms with E-state index in [0.717, 1.165) is 56.3 Å². The van der Waals surface area contributed by atoms with Crippen molar-refractivity contribution in [3.8, 4) is 5.75 Å². The van der Waals surface area contributed by atoms with Gasteiger partial charge in [-0.2, -0.15) is 0 Å². The summed E-state index contributed by atoms with van der Waals surface area (Å²) in [5.41, 5.74) is 0.430. The van der Waals surface area contributed by atoms with Crippen LogP contribution in [0.4, 0.5) is 0 Å². The van der Waals surface area contributed by atoms with Crippen molar-refractivity contribution in [2.75, 3.05) is 13.2 Å². The maximum Gasteiger partial charge on any atom is 0.245 e. The number of ether oxygens (including phenoxy) is 1. The van der Waals surface area contributed by atoms with Gasteiger partial charge in [0.25, 0.3) is 0 Å². The molecule has 0 atom stereocenters. The number of aryl methyl sites for hydroxylation is 1. The van der Waals surface area contributed by atoms with E-state index in [9.17, 15) is 9.59 Å². The highest BCUT2D eigenvalue weighted by Gasteiger charge is 2.40. The molecule has 0 heterocycles. The van der Waals surface area contributed by atoms with Gasteiger partial charge in [0.1, 0.15) is 11.3 Å². The average molecular weight is 375 g/mol. The molecule has 0 spiro atoms. The molecule has 0 saturated heterocycles. The highest BCUT2D eigenvalue weighted by Crippen LogP contribution is 2.28. The van der Waals surface area contributed by atoms with E-state index in [4.69, 9.17) is 4.74 Å². The summed E-state index contributed by atoms with van der Waals surface area (Å²) in [6.45, 7) is 5.29. The van der Waals surface area contributed by atoms with Crippen molar-refractivity contribution >= 4 is 11.8 Å². The van der Waals surface area contributed by atoms with E-state index in [1.54, 1.807) is 0 Å². The largest absolute Gasteiger partial charge is 0.494 e. The van der Waals surface area contributed by atoms with Gasteiger partial charge >= 0.3 is 0 Å². The Hall–Kier alpha value is -2.04. The quantitative estimate of drug-likeness (QED) is 0.611. The predicted molar refractivity (Wildman–Crippen MR) is 108 cm³/mol. The van der Waals surface area contributed by atoms with Crippen LogP contribution in [0.15, 0.2) is 24.3 Å². The molecule has 0 aliphatic heterocycles. The van der Waals surface area contributed by atoms with Crippen molar-refractivity contribution in [1.29, 1.82) is 0 Å². The van der Waals surface area contributed by atoms with Crippen molar-refractivity contribution in [3.63, 3.8) is 0 Å². The Labute approximate surface area is 163 Å². The molecule has 0 radical (unpaired) electrons. The lowest BCUT2D eigenvalue weighted by atomic mass is 9.80. The van der Waals surface area contributed by atoms with Crippen LogP contribution in [0.25, 0.3) is 0 Å². The molecule has 1 saturated carbocycles. The Morgan fingerprint density at radius 3 is 2.63 bits per heavy atom. The molecular formula is C22H34N2O3. The van der Waals surface area contributed by atoms with E-state index < -0.39 is 5.54 Å². The fraction of sp³-hybridized carbons (Fsp3) is 0.636. The first kappa shape index (κ1) is 21.3. The summed E-state index contributed by atoms with van der Waals surface area (Å²) < 4.78 is 5.71. The second-order valence-electron chi connectivity index (χ2n) is 7.57. The Bertz CT molecular complexity index is 609. The second kappa shape index (κ2) is 11.0. The zero-order valence-electron chi connectivity index (χ0n) is 16.8. The molecule has 150 valence electrons. The fourth-order valence-corrected chi connectivity index (χ4v) is 3.57. The molecular weight excluding hydrogens is 340 g/mol. The molecule has 1 aliphatic carbocycles. The maximum absolute atomic E-state index is 12.7. The Balaban J connectivity index is 1.79. The molecule has 2 rings (SSSR count). The van der Waals surface area contributed by atoms with Crippen molar-refractivity contribution in [2.24, 2.45) is 0 Å². The summed E-state index contributed by atoms with van der Waals surface area (Å²) in [5.74, 6) is 0.754. The summed E-state index contributed by atoms with van der Waals surface area (Å²) >= 11 is 0. The molecule has 0 bridgehead atoms. The van der Waals surface area contributed by atoms with Gasteiger partial charge in [-0.15, -0.1) is 0 Å². The topological polar surface area (TPSA) is 67.4 Å². The van der Waals surface area contributed by atoms with Gasteiger partial charge in [-0.25, -0.2) is 0 Å². The molecule has 2 N–H and O–H groups in total. The molecule has 27 heavy (non-hydrogen) atoms. The molecule has 5 heteroatoms. The summed E-state index contributed by atoms with van der Waals surface area (Å²) in [7, 11) is 0. The third-order valence-electron chi connectivity index (χ3n) is 5.14. The molecule has 0 aromatic heterocycles. The van der Waals surface area contributed by atoms with Crippen LogP contribution in [0.5, 0.6) is 5.75 Å². The number of hydrogen-bond donors (Lipinski definition) is 2. The minimum absolute atomic E-state index is 0.0139. The minimum atomic E-state index is -0.722. The maximum atomic E-state index is 12.7. The molecule has 1 aromatic carbocycles. The standard InChI is InChI=1S/C22H34N2O3/c1-3-4-15-23-21(26)22(13-6-5-7-14-22)24-20(25)12-9-16-27-19-11-8-10-18(2)17-19/h8,10-11,17H,3-7,9,12-16H2,1-2H3,(H,23,26)(H,24,25). The third kappa shape index (κ3) is 6.89. The fourth-order valence-electron chi connectivity index (χ4n) is 3.57. The Morgan fingerprint density at radius 2 is 1.93 bits per heavy atom. The zero-order chi connectivity index (χ0) is 19.5. The number of nitrogens with one attached hydrogen (secondary N) is 2. The van der Waals surface area contributed by atoms with Crippen molar-refractivity contribution in [2.45, 2.75) is 77.2 Å². The summed E-state index contributed by atoms with van der Waals surface area (Å²) in [4.78, 5) is 25.2. The molecule has 0 unspecified atom stereocenters. The third-order valence-corrected chi connectivity index (χ3v) is 5.14. The van der Waals surface area contributed by atoms with Crippen LogP contribution in [-0.2, 0) is 9.59 Å². The smallest absolute Gasteiger partial charge is 0.245 e. The SMILES string of the molecule is CCCCNC(=O)C1(NC(=O)CCCOc2cccc(C)c2)CCCCC1. The monoisotopic (exact) mass is 374 g/mol. The molecule has 5 nitrogen and oxygen atoms in total. The van der Waals surface area contributed by atoms with Crippen LogP contribution in [0.2, 0.25) is 0 Å². The Kier molecular flexibility index (Phi) is 8.62. The second-order valence-corrected chi connectivity index (χ2v) is 7.57. The van der Waals surface area contributed by atoms with E-state index in [1.165, 1.54) is 0 Å². The summed E-state index contributed by atoms with van der Waals surface area (Å²) in [5, 5.41) is 6.08. The van der Waals surface area contributed by atoms with E-state index in [-0.39, 0.29) is 11.8 Å². The molecule has 1 fully saturated rings.